The van der Waals surface area contributed by atoms with Crippen molar-refractivity contribution < 1.29 is 9.53 Å². The van der Waals surface area contributed by atoms with Gasteiger partial charge in [0.2, 0.25) is 0 Å². The molecule has 2 aromatic rings. The van der Waals surface area contributed by atoms with Crippen LogP contribution < -0.4 is 4.74 Å². The molecule has 1 heterocycles. The second-order valence-corrected chi connectivity index (χ2v) is 5.09. The largest absolute Gasteiger partial charge is 0.487 e. The van der Waals surface area contributed by atoms with E-state index in [0.717, 1.165) is 23.2 Å². The first-order valence-corrected chi connectivity index (χ1v) is 6.62. The minimum absolute atomic E-state index is 0.132. The summed E-state index contributed by atoms with van der Waals surface area (Å²) in [5.41, 5.74) is 3.19. The number of hydrogen-bond acceptors (Lipinski definition) is 4. The molecule has 2 rings (SSSR count). The van der Waals surface area contributed by atoms with Crippen LogP contribution >= 0.6 is 0 Å². The van der Waals surface area contributed by atoms with Gasteiger partial charge in [0.15, 0.2) is 12.0 Å². The molecular weight excluding hydrogens is 254 g/mol. The van der Waals surface area contributed by atoms with Gasteiger partial charge in [-0.3, -0.25) is 4.79 Å². The van der Waals surface area contributed by atoms with E-state index in [2.05, 4.69) is 10.3 Å². The molecule has 0 spiro atoms. The number of aldehydes is 1. The van der Waals surface area contributed by atoms with Crippen molar-refractivity contribution in [2.24, 2.45) is 0 Å². The zero-order chi connectivity index (χ0) is 14.7. The molecule has 0 unspecified atom stereocenters. The SMILES string of the molecule is Cc1cccc(C)c1OCc1c(C=O)nnn1C(C)C. The highest BCUT2D eigenvalue weighted by Crippen LogP contribution is 2.24. The average molecular weight is 273 g/mol. The van der Waals surface area contributed by atoms with Crippen molar-refractivity contribution in [1.29, 1.82) is 0 Å². The molecular formula is C15H19N3O2. The van der Waals surface area contributed by atoms with Crippen molar-refractivity contribution in [2.75, 3.05) is 0 Å². The quantitative estimate of drug-likeness (QED) is 0.786. The molecule has 1 aromatic heterocycles. The van der Waals surface area contributed by atoms with Crippen molar-refractivity contribution in [2.45, 2.75) is 40.3 Å². The molecule has 5 nitrogen and oxygen atoms in total. The van der Waals surface area contributed by atoms with Gasteiger partial charge in [-0.15, -0.1) is 5.10 Å². The lowest BCUT2D eigenvalue weighted by molar-refractivity contribution is 0.111. The van der Waals surface area contributed by atoms with Gasteiger partial charge in [0, 0.05) is 6.04 Å². The number of rotatable bonds is 5. The summed E-state index contributed by atoms with van der Waals surface area (Å²) in [4.78, 5) is 11.0. The highest BCUT2D eigenvalue weighted by Gasteiger charge is 2.16. The van der Waals surface area contributed by atoms with Crippen molar-refractivity contribution >= 4 is 6.29 Å². The molecule has 0 aliphatic rings. The molecule has 1 aromatic carbocycles. The first-order valence-electron chi connectivity index (χ1n) is 6.62. The van der Waals surface area contributed by atoms with E-state index in [1.165, 1.54) is 0 Å². The van der Waals surface area contributed by atoms with Crippen LogP contribution in [-0.2, 0) is 6.61 Å². The van der Waals surface area contributed by atoms with E-state index in [1.54, 1.807) is 4.68 Å². The fourth-order valence-corrected chi connectivity index (χ4v) is 2.14. The highest BCUT2D eigenvalue weighted by molar-refractivity contribution is 5.73. The van der Waals surface area contributed by atoms with Crippen LogP contribution in [0.3, 0.4) is 0 Å². The average Bonchev–Trinajstić information content (AvgIpc) is 2.81. The maximum Gasteiger partial charge on any atom is 0.172 e. The Morgan fingerprint density at radius 2 is 1.95 bits per heavy atom. The predicted octanol–water partition coefficient (Wildman–Crippen LogP) is 2.87. The summed E-state index contributed by atoms with van der Waals surface area (Å²) in [5, 5.41) is 7.88. The van der Waals surface area contributed by atoms with E-state index in [4.69, 9.17) is 4.74 Å². The summed E-state index contributed by atoms with van der Waals surface area (Å²) >= 11 is 0. The van der Waals surface area contributed by atoms with Crippen molar-refractivity contribution in [3.05, 3.63) is 40.7 Å². The predicted molar refractivity (Wildman–Crippen MR) is 76.0 cm³/mol. The third-order valence-electron chi connectivity index (χ3n) is 3.18. The number of nitrogens with zero attached hydrogens (tertiary/aromatic N) is 3. The monoisotopic (exact) mass is 273 g/mol. The van der Waals surface area contributed by atoms with Crippen LogP contribution in [0.25, 0.3) is 0 Å². The van der Waals surface area contributed by atoms with Crippen molar-refractivity contribution in [1.82, 2.24) is 15.0 Å². The van der Waals surface area contributed by atoms with E-state index in [0.29, 0.717) is 11.4 Å². The summed E-state index contributed by atoms with van der Waals surface area (Å²) in [6.45, 7) is 8.27. The van der Waals surface area contributed by atoms with Gasteiger partial charge in [-0.25, -0.2) is 4.68 Å². The Labute approximate surface area is 118 Å². The van der Waals surface area contributed by atoms with Crippen molar-refractivity contribution in [3.63, 3.8) is 0 Å². The number of aromatic nitrogens is 3. The van der Waals surface area contributed by atoms with Crippen LogP contribution in [0.15, 0.2) is 18.2 Å². The maximum atomic E-state index is 11.0. The summed E-state index contributed by atoms with van der Waals surface area (Å²) in [7, 11) is 0. The topological polar surface area (TPSA) is 57.0 Å². The van der Waals surface area contributed by atoms with Crippen LogP contribution in [-0.4, -0.2) is 21.3 Å². The lowest BCUT2D eigenvalue weighted by Gasteiger charge is -2.14. The molecule has 0 N–H and O–H groups in total. The number of para-hydroxylation sites is 1. The lowest BCUT2D eigenvalue weighted by atomic mass is 10.1. The van der Waals surface area contributed by atoms with Crippen molar-refractivity contribution in [3.8, 4) is 5.75 Å². The van der Waals surface area contributed by atoms with Crippen LogP contribution in [0.2, 0.25) is 0 Å². The molecule has 0 aliphatic carbocycles. The van der Waals surface area contributed by atoms with Crippen LogP contribution in [0, 0.1) is 13.8 Å². The Morgan fingerprint density at radius 1 is 1.30 bits per heavy atom. The van der Waals surface area contributed by atoms with Gasteiger partial charge >= 0.3 is 0 Å². The van der Waals surface area contributed by atoms with E-state index < -0.39 is 0 Å². The summed E-state index contributed by atoms with van der Waals surface area (Å²) in [5.74, 6) is 0.848. The van der Waals surface area contributed by atoms with E-state index in [-0.39, 0.29) is 12.6 Å². The van der Waals surface area contributed by atoms with Gasteiger partial charge in [-0.1, -0.05) is 23.4 Å². The van der Waals surface area contributed by atoms with Gasteiger partial charge in [0.25, 0.3) is 0 Å². The van der Waals surface area contributed by atoms with Crippen LogP contribution in [0.5, 0.6) is 5.75 Å². The van der Waals surface area contributed by atoms with Crippen LogP contribution in [0.4, 0.5) is 0 Å². The first kappa shape index (κ1) is 14.2. The Bertz CT molecular complexity index is 597. The molecule has 0 bridgehead atoms. The second kappa shape index (κ2) is 5.86. The van der Waals surface area contributed by atoms with Crippen LogP contribution in [0.1, 0.15) is 47.2 Å². The molecule has 106 valence electrons. The van der Waals surface area contributed by atoms with Gasteiger partial charge in [0.1, 0.15) is 18.1 Å². The second-order valence-electron chi connectivity index (χ2n) is 5.09. The molecule has 0 amide bonds. The molecule has 5 heteroatoms. The van der Waals surface area contributed by atoms with E-state index in [1.807, 2.05) is 45.9 Å². The smallest absolute Gasteiger partial charge is 0.172 e. The number of carbonyl (C=O) groups excluding carboxylic acids is 1. The Hall–Kier alpha value is -2.17. The molecule has 0 radical (unpaired) electrons. The third-order valence-corrected chi connectivity index (χ3v) is 3.18. The molecule has 0 aliphatic heterocycles. The molecule has 0 saturated heterocycles. The Balaban J connectivity index is 2.27. The zero-order valence-corrected chi connectivity index (χ0v) is 12.3. The summed E-state index contributed by atoms with van der Waals surface area (Å²) < 4.78 is 7.61. The highest BCUT2D eigenvalue weighted by atomic mass is 16.5. The number of carbonyl (C=O) groups is 1. The first-order chi connectivity index (χ1) is 9.54. The number of ether oxygens (including phenoxy) is 1. The molecule has 0 fully saturated rings. The molecule has 0 saturated carbocycles. The number of hydrogen-bond donors (Lipinski definition) is 0. The molecule has 0 atom stereocenters. The van der Waals surface area contributed by atoms with E-state index in [9.17, 15) is 4.79 Å². The third kappa shape index (κ3) is 2.71. The standard InChI is InChI=1S/C15H19N3O2/c1-10(2)18-14(13(8-19)16-17-18)9-20-15-11(3)6-5-7-12(15)4/h5-8,10H,9H2,1-4H3. The number of aryl methyl sites for hydroxylation is 2. The van der Waals surface area contributed by atoms with Gasteiger partial charge < -0.3 is 4.74 Å². The summed E-state index contributed by atoms with van der Waals surface area (Å²) in [6, 6.07) is 6.13. The van der Waals surface area contributed by atoms with Gasteiger partial charge in [0.05, 0.1) is 0 Å². The normalized spacial score (nSPS) is 10.8. The van der Waals surface area contributed by atoms with E-state index >= 15 is 0 Å². The lowest BCUT2D eigenvalue weighted by Crippen LogP contribution is -2.11. The minimum atomic E-state index is 0.132. The van der Waals surface area contributed by atoms with Gasteiger partial charge in [-0.05, 0) is 38.8 Å². The van der Waals surface area contributed by atoms with Gasteiger partial charge in [-0.2, -0.15) is 0 Å². The fourth-order valence-electron chi connectivity index (χ4n) is 2.14. The number of benzene rings is 1. The zero-order valence-electron chi connectivity index (χ0n) is 12.3. The Kier molecular flexibility index (Phi) is 4.17. The molecule has 20 heavy (non-hydrogen) atoms. The Morgan fingerprint density at radius 3 is 2.50 bits per heavy atom. The summed E-state index contributed by atoms with van der Waals surface area (Å²) in [6.07, 6.45) is 0.718. The fraction of sp³-hybridized carbons (Fsp3) is 0.400. The minimum Gasteiger partial charge on any atom is -0.487 e. The maximum absolute atomic E-state index is 11.0.